The molecular weight excluding hydrogens is 761 g/mol. The van der Waals surface area contributed by atoms with E-state index in [1.165, 1.54) is 90.6 Å². The number of fused-ring (bicyclic) bond motifs is 8. The van der Waals surface area contributed by atoms with Crippen LogP contribution in [0.15, 0.2) is 231 Å². The van der Waals surface area contributed by atoms with Crippen LogP contribution >= 0.6 is 11.3 Å². The van der Waals surface area contributed by atoms with Gasteiger partial charge < -0.3 is 9.13 Å². The Hall–Kier alpha value is -7.24. The van der Waals surface area contributed by atoms with Crippen LogP contribution in [-0.4, -0.2) is 17.2 Å². The van der Waals surface area contributed by atoms with Crippen molar-refractivity contribution in [2.45, 2.75) is 0 Å². The maximum absolute atomic E-state index is 2.70. The number of hydrogen-bond acceptors (Lipinski definition) is 1. The van der Waals surface area contributed by atoms with Crippen LogP contribution in [-0.2, 0) is 0 Å². The lowest BCUT2D eigenvalue weighted by Gasteiger charge is -2.34. The minimum absolute atomic E-state index is 1.15. The SMILES string of the molecule is c1ccc(-n2c3cc(-c4ccc(-n5c6ccccc6c6cc([Si](c7ccccc7)(c7ccccc7)c7ccccc7)ccc65)cc4)ccc3c3c4ccccc4sc32)cc1. The Bertz CT molecular complexity index is 3420. The summed E-state index contributed by atoms with van der Waals surface area (Å²) >= 11 is 1.87. The third-order valence-electron chi connectivity index (χ3n) is 12.5. The van der Waals surface area contributed by atoms with Gasteiger partial charge in [0.1, 0.15) is 4.83 Å². The van der Waals surface area contributed by atoms with Gasteiger partial charge in [0.25, 0.3) is 0 Å². The third-order valence-corrected chi connectivity index (χ3v) is 18.4. The van der Waals surface area contributed by atoms with Crippen LogP contribution < -0.4 is 20.7 Å². The summed E-state index contributed by atoms with van der Waals surface area (Å²) < 4.78 is 6.21. The van der Waals surface area contributed by atoms with Gasteiger partial charge in [-0.2, -0.15) is 0 Å². The van der Waals surface area contributed by atoms with E-state index in [1.54, 1.807) is 0 Å². The normalized spacial score (nSPS) is 12.0. The molecule has 0 amide bonds. The molecule has 3 aromatic heterocycles. The zero-order chi connectivity index (χ0) is 39.6. The van der Waals surface area contributed by atoms with Crippen molar-refractivity contribution in [3.8, 4) is 22.5 Å². The molecule has 0 unspecified atom stereocenters. The lowest BCUT2D eigenvalue weighted by molar-refractivity contribution is 1.18. The van der Waals surface area contributed by atoms with Gasteiger partial charge in [0, 0.05) is 43.0 Å². The van der Waals surface area contributed by atoms with Crippen molar-refractivity contribution in [3.63, 3.8) is 0 Å². The molecule has 0 saturated heterocycles. The molecule has 0 fully saturated rings. The lowest BCUT2D eigenvalue weighted by Crippen LogP contribution is -2.74. The van der Waals surface area contributed by atoms with Gasteiger partial charge in [0.05, 0.1) is 16.6 Å². The molecule has 12 rings (SSSR count). The first-order valence-corrected chi connectivity index (χ1v) is 23.4. The van der Waals surface area contributed by atoms with E-state index in [2.05, 4.69) is 240 Å². The van der Waals surface area contributed by atoms with E-state index in [1.807, 2.05) is 11.3 Å². The molecule has 0 saturated carbocycles. The minimum Gasteiger partial charge on any atom is -0.309 e. The summed E-state index contributed by atoms with van der Waals surface area (Å²) in [5.74, 6) is 0. The largest absolute Gasteiger partial charge is 0.309 e. The molecule has 0 radical (unpaired) electrons. The van der Waals surface area contributed by atoms with Gasteiger partial charge in [-0.1, -0.05) is 182 Å². The van der Waals surface area contributed by atoms with Crippen LogP contribution in [0.4, 0.5) is 0 Å². The molecule has 0 atom stereocenters. The summed E-state index contributed by atoms with van der Waals surface area (Å²) in [5.41, 5.74) is 8.38. The van der Waals surface area contributed by atoms with E-state index in [0.717, 1.165) is 5.69 Å². The summed E-state index contributed by atoms with van der Waals surface area (Å²) in [6.45, 7) is 0. The topological polar surface area (TPSA) is 9.86 Å². The number of hydrogen-bond donors (Lipinski definition) is 0. The molecule has 0 aliphatic carbocycles. The molecule has 2 nitrogen and oxygen atoms in total. The molecule has 0 aliphatic rings. The van der Waals surface area contributed by atoms with Gasteiger partial charge in [-0.25, -0.2) is 0 Å². The van der Waals surface area contributed by atoms with Gasteiger partial charge in [0.2, 0.25) is 0 Å². The van der Waals surface area contributed by atoms with E-state index in [4.69, 9.17) is 0 Å². The minimum atomic E-state index is -2.70. The van der Waals surface area contributed by atoms with Crippen LogP contribution in [0, 0.1) is 0 Å². The lowest BCUT2D eigenvalue weighted by atomic mass is 10.0. The Morgan fingerprint density at radius 2 is 0.850 bits per heavy atom. The second-order valence-electron chi connectivity index (χ2n) is 15.7. The van der Waals surface area contributed by atoms with Crippen molar-refractivity contribution in [2.24, 2.45) is 0 Å². The molecule has 4 heteroatoms. The summed E-state index contributed by atoms with van der Waals surface area (Å²) in [7, 11) is -2.70. The number of para-hydroxylation sites is 2. The first-order chi connectivity index (χ1) is 29.8. The zero-order valence-electron chi connectivity index (χ0n) is 32.7. The molecule has 60 heavy (non-hydrogen) atoms. The Balaban J connectivity index is 1.01. The zero-order valence-corrected chi connectivity index (χ0v) is 34.6. The predicted octanol–water partition coefficient (Wildman–Crippen LogP) is 12.1. The van der Waals surface area contributed by atoms with E-state index >= 15 is 0 Å². The number of thiophene rings is 1. The molecule has 0 aliphatic heterocycles. The monoisotopic (exact) mass is 798 g/mol. The summed E-state index contributed by atoms with van der Waals surface area (Å²) in [4.78, 5) is 1.29. The summed E-state index contributed by atoms with van der Waals surface area (Å²) in [6, 6.07) is 85.5. The second kappa shape index (κ2) is 14.0. The highest BCUT2D eigenvalue weighted by Crippen LogP contribution is 2.43. The van der Waals surface area contributed by atoms with Crippen molar-refractivity contribution in [2.75, 3.05) is 0 Å². The number of nitrogens with zero attached hydrogens (tertiary/aromatic N) is 2. The fourth-order valence-corrected chi connectivity index (χ4v) is 15.9. The first-order valence-electron chi connectivity index (χ1n) is 20.6. The van der Waals surface area contributed by atoms with E-state index in [9.17, 15) is 0 Å². The molecule has 0 spiro atoms. The Labute approximate surface area is 353 Å². The van der Waals surface area contributed by atoms with Crippen LogP contribution in [0.3, 0.4) is 0 Å². The van der Waals surface area contributed by atoms with Crippen LogP contribution in [0.5, 0.6) is 0 Å². The molecule has 3 heterocycles. The fourth-order valence-electron chi connectivity index (χ4n) is 9.85. The highest BCUT2D eigenvalue weighted by molar-refractivity contribution is 7.25. The Morgan fingerprint density at radius 3 is 1.52 bits per heavy atom. The number of benzene rings is 9. The molecule has 0 N–H and O–H groups in total. The van der Waals surface area contributed by atoms with Crippen molar-refractivity contribution in [1.82, 2.24) is 9.13 Å². The smallest absolute Gasteiger partial charge is 0.179 e. The van der Waals surface area contributed by atoms with E-state index in [0.29, 0.717) is 0 Å². The van der Waals surface area contributed by atoms with Crippen LogP contribution in [0.2, 0.25) is 0 Å². The van der Waals surface area contributed by atoms with Gasteiger partial charge in [0.15, 0.2) is 8.07 Å². The third kappa shape index (κ3) is 5.25. The number of aromatic nitrogens is 2. The quantitative estimate of drug-likeness (QED) is 0.112. The Morgan fingerprint density at radius 1 is 0.317 bits per heavy atom. The maximum atomic E-state index is 2.51. The van der Waals surface area contributed by atoms with Gasteiger partial charge in [-0.3, -0.25) is 0 Å². The van der Waals surface area contributed by atoms with Crippen LogP contribution in [0.25, 0.3) is 75.5 Å². The van der Waals surface area contributed by atoms with Crippen molar-refractivity contribution < 1.29 is 0 Å². The highest BCUT2D eigenvalue weighted by atomic mass is 32.1. The number of rotatable bonds is 7. The van der Waals surface area contributed by atoms with E-state index in [-0.39, 0.29) is 0 Å². The second-order valence-corrected chi connectivity index (χ2v) is 20.5. The Kier molecular flexibility index (Phi) is 8.08. The van der Waals surface area contributed by atoms with Gasteiger partial charge in [-0.15, -0.1) is 11.3 Å². The van der Waals surface area contributed by atoms with Gasteiger partial charge in [-0.05, 0) is 80.4 Å². The molecule has 282 valence electrons. The average Bonchev–Trinajstić information content (AvgIpc) is 3.97. The molecule has 0 bridgehead atoms. The van der Waals surface area contributed by atoms with E-state index < -0.39 is 8.07 Å². The predicted molar refractivity (Wildman–Crippen MR) is 260 cm³/mol. The molecule has 12 aromatic rings. The molecule has 9 aromatic carbocycles. The average molecular weight is 799 g/mol. The van der Waals surface area contributed by atoms with Crippen molar-refractivity contribution >= 4 is 93.2 Å². The van der Waals surface area contributed by atoms with Gasteiger partial charge >= 0.3 is 0 Å². The fraction of sp³-hybridized carbons (Fsp3) is 0. The maximum Gasteiger partial charge on any atom is 0.179 e. The first kappa shape index (κ1) is 34.8. The van der Waals surface area contributed by atoms with Crippen LogP contribution in [0.1, 0.15) is 0 Å². The molecular formula is C56H38N2SSi. The van der Waals surface area contributed by atoms with Crippen molar-refractivity contribution in [3.05, 3.63) is 231 Å². The highest BCUT2D eigenvalue weighted by Gasteiger charge is 2.41. The van der Waals surface area contributed by atoms with Crippen molar-refractivity contribution in [1.29, 1.82) is 0 Å². The summed E-state index contributed by atoms with van der Waals surface area (Å²) in [6.07, 6.45) is 0. The summed E-state index contributed by atoms with van der Waals surface area (Å²) in [5, 5.41) is 12.0. The standard InChI is InChI=1S/C56H38N2SSi/c1-5-17-41(18-6-1)58-53-37-40(31-35-48(53)55-49-26-14-16-28-54(49)59-56(55)58)39-29-32-42(33-30-39)57-51-27-15-13-25-47(51)50-38-46(34-36-52(50)57)60(43-19-7-2-8-20-43,44-21-9-3-10-22-44)45-23-11-4-12-24-45/h1-38H.